The van der Waals surface area contributed by atoms with Crippen molar-refractivity contribution < 1.29 is 4.79 Å². The summed E-state index contributed by atoms with van der Waals surface area (Å²) in [7, 11) is 0. The topological polar surface area (TPSA) is 54.0 Å². The van der Waals surface area contributed by atoms with Crippen LogP contribution in [0.2, 0.25) is 0 Å². The maximum Gasteiger partial charge on any atom is 0.252 e. The van der Waals surface area contributed by atoms with E-state index in [9.17, 15) is 4.79 Å². The zero-order chi connectivity index (χ0) is 14.7. The van der Waals surface area contributed by atoms with Crippen LogP contribution >= 0.6 is 0 Å². The molecule has 1 amide bonds. The summed E-state index contributed by atoms with van der Waals surface area (Å²) < 4.78 is 0. The Bertz CT molecular complexity index is 648. The smallest absolute Gasteiger partial charge is 0.252 e. The van der Waals surface area contributed by atoms with Gasteiger partial charge in [0.15, 0.2) is 0 Å². The molecule has 0 radical (unpaired) electrons. The quantitative estimate of drug-likeness (QED) is 0.906. The van der Waals surface area contributed by atoms with Gasteiger partial charge in [-0.2, -0.15) is 0 Å². The lowest BCUT2D eigenvalue weighted by atomic mass is 10.1. The summed E-state index contributed by atoms with van der Waals surface area (Å²) >= 11 is 0. The maximum absolute atomic E-state index is 12.4. The molecule has 1 aliphatic heterocycles. The highest BCUT2D eigenvalue weighted by molar-refractivity contribution is 6.06. The Labute approximate surface area is 125 Å². The molecule has 21 heavy (non-hydrogen) atoms. The Morgan fingerprint density at radius 3 is 3.10 bits per heavy atom. The van der Waals surface area contributed by atoms with Crippen molar-refractivity contribution in [1.29, 1.82) is 0 Å². The molecule has 4 nitrogen and oxygen atoms in total. The Morgan fingerprint density at radius 1 is 1.43 bits per heavy atom. The molecule has 0 saturated carbocycles. The van der Waals surface area contributed by atoms with E-state index in [4.69, 9.17) is 0 Å². The van der Waals surface area contributed by atoms with Crippen LogP contribution in [0.4, 0.5) is 0 Å². The third kappa shape index (κ3) is 3.22. The molecule has 1 saturated heterocycles. The SMILES string of the molecule is Cc1cc(C(=O)NCCC2CCCN2)c2ccccc2n1. The third-order valence-electron chi connectivity index (χ3n) is 4.03. The van der Waals surface area contributed by atoms with Gasteiger partial charge in [-0.05, 0) is 44.9 Å². The van der Waals surface area contributed by atoms with Crippen molar-refractivity contribution in [3.8, 4) is 0 Å². The van der Waals surface area contributed by atoms with E-state index in [0.717, 1.165) is 35.1 Å². The van der Waals surface area contributed by atoms with Gasteiger partial charge >= 0.3 is 0 Å². The fraction of sp³-hybridized carbons (Fsp3) is 0.412. The molecule has 2 aromatic rings. The van der Waals surface area contributed by atoms with Gasteiger partial charge in [-0.3, -0.25) is 9.78 Å². The molecular formula is C17H21N3O. The van der Waals surface area contributed by atoms with Crippen LogP contribution in [0.25, 0.3) is 10.9 Å². The Hall–Kier alpha value is -1.94. The molecule has 4 heteroatoms. The van der Waals surface area contributed by atoms with Crippen LogP contribution in [0, 0.1) is 6.92 Å². The second-order valence-corrected chi connectivity index (χ2v) is 5.67. The lowest BCUT2D eigenvalue weighted by Gasteiger charge is -2.12. The van der Waals surface area contributed by atoms with Crippen LogP contribution in [0.3, 0.4) is 0 Å². The second-order valence-electron chi connectivity index (χ2n) is 5.67. The number of para-hydroxylation sites is 1. The molecule has 0 aliphatic carbocycles. The van der Waals surface area contributed by atoms with Crippen molar-refractivity contribution >= 4 is 16.8 Å². The number of rotatable bonds is 4. The van der Waals surface area contributed by atoms with Crippen molar-refractivity contribution in [1.82, 2.24) is 15.6 Å². The van der Waals surface area contributed by atoms with Gasteiger partial charge in [-0.1, -0.05) is 18.2 Å². The van der Waals surface area contributed by atoms with E-state index in [1.807, 2.05) is 37.3 Å². The van der Waals surface area contributed by atoms with Gasteiger partial charge in [-0.15, -0.1) is 0 Å². The molecule has 1 aromatic carbocycles. The lowest BCUT2D eigenvalue weighted by Crippen LogP contribution is -2.30. The number of amides is 1. The molecule has 1 unspecified atom stereocenters. The zero-order valence-electron chi connectivity index (χ0n) is 12.4. The van der Waals surface area contributed by atoms with E-state index in [1.54, 1.807) is 0 Å². The van der Waals surface area contributed by atoms with Gasteiger partial charge in [-0.25, -0.2) is 0 Å². The van der Waals surface area contributed by atoms with E-state index in [-0.39, 0.29) is 5.91 Å². The zero-order valence-corrected chi connectivity index (χ0v) is 12.4. The number of hydrogen-bond donors (Lipinski definition) is 2. The van der Waals surface area contributed by atoms with Gasteiger partial charge in [0, 0.05) is 23.7 Å². The summed E-state index contributed by atoms with van der Waals surface area (Å²) in [5.41, 5.74) is 2.47. The standard InChI is InChI=1S/C17H21N3O/c1-12-11-15(14-6-2-3-7-16(14)20-12)17(21)19-10-8-13-5-4-9-18-13/h2-3,6-7,11,13,18H,4-5,8-10H2,1H3,(H,19,21). The maximum atomic E-state index is 12.4. The lowest BCUT2D eigenvalue weighted by molar-refractivity contribution is 0.0954. The highest BCUT2D eigenvalue weighted by Gasteiger charge is 2.15. The summed E-state index contributed by atoms with van der Waals surface area (Å²) in [6.45, 7) is 3.74. The molecule has 1 aromatic heterocycles. The van der Waals surface area contributed by atoms with Crippen molar-refractivity contribution in [3.05, 3.63) is 41.6 Å². The van der Waals surface area contributed by atoms with Crippen LogP contribution in [0.15, 0.2) is 30.3 Å². The minimum absolute atomic E-state index is 0.00491. The van der Waals surface area contributed by atoms with Crippen LogP contribution < -0.4 is 10.6 Å². The average molecular weight is 283 g/mol. The van der Waals surface area contributed by atoms with Crippen molar-refractivity contribution in [2.45, 2.75) is 32.2 Å². The molecule has 110 valence electrons. The fourth-order valence-corrected chi connectivity index (χ4v) is 2.95. The highest BCUT2D eigenvalue weighted by Crippen LogP contribution is 2.18. The number of nitrogens with zero attached hydrogens (tertiary/aromatic N) is 1. The normalized spacial score (nSPS) is 18.0. The number of nitrogens with one attached hydrogen (secondary N) is 2. The number of fused-ring (bicyclic) bond motifs is 1. The predicted molar refractivity (Wildman–Crippen MR) is 84.5 cm³/mol. The monoisotopic (exact) mass is 283 g/mol. The van der Waals surface area contributed by atoms with Gasteiger partial charge < -0.3 is 10.6 Å². The summed E-state index contributed by atoms with van der Waals surface area (Å²) in [5.74, 6) is -0.00491. The van der Waals surface area contributed by atoms with E-state index in [1.165, 1.54) is 12.8 Å². The van der Waals surface area contributed by atoms with Crippen molar-refractivity contribution in [3.63, 3.8) is 0 Å². The molecule has 1 aliphatic rings. The number of pyridine rings is 1. The number of benzene rings is 1. The summed E-state index contributed by atoms with van der Waals surface area (Å²) in [6, 6.07) is 10.2. The number of aryl methyl sites for hydroxylation is 1. The van der Waals surface area contributed by atoms with Crippen LogP contribution in [0.5, 0.6) is 0 Å². The second kappa shape index (κ2) is 6.22. The van der Waals surface area contributed by atoms with E-state index < -0.39 is 0 Å². The highest BCUT2D eigenvalue weighted by atomic mass is 16.1. The number of aromatic nitrogens is 1. The first kappa shape index (κ1) is 14.0. The first-order valence-corrected chi connectivity index (χ1v) is 7.62. The Morgan fingerprint density at radius 2 is 2.29 bits per heavy atom. The number of carbonyl (C=O) groups is 1. The summed E-state index contributed by atoms with van der Waals surface area (Å²) in [6.07, 6.45) is 3.45. The minimum atomic E-state index is -0.00491. The van der Waals surface area contributed by atoms with Gasteiger partial charge in [0.2, 0.25) is 0 Å². The predicted octanol–water partition coefficient (Wildman–Crippen LogP) is 2.42. The number of carbonyl (C=O) groups excluding carboxylic acids is 1. The molecule has 0 bridgehead atoms. The minimum Gasteiger partial charge on any atom is -0.352 e. The molecule has 2 N–H and O–H groups in total. The largest absolute Gasteiger partial charge is 0.352 e. The van der Waals surface area contributed by atoms with Crippen LogP contribution in [0.1, 0.15) is 35.3 Å². The average Bonchev–Trinajstić information content (AvgIpc) is 2.99. The first-order chi connectivity index (χ1) is 10.2. The summed E-state index contributed by atoms with van der Waals surface area (Å²) in [4.78, 5) is 16.9. The molecular weight excluding hydrogens is 262 g/mol. The number of hydrogen-bond acceptors (Lipinski definition) is 3. The van der Waals surface area contributed by atoms with E-state index >= 15 is 0 Å². The molecule has 0 spiro atoms. The fourth-order valence-electron chi connectivity index (χ4n) is 2.95. The first-order valence-electron chi connectivity index (χ1n) is 7.62. The molecule has 1 fully saturated rings. The Balaban J connectivity index is 1.71. The van der Waals surface area contributed by atoms with E-state index in [0.29, 0.717) is 12.6 Å². The van der Waals surface area contributed by atoms with Gasteiger partial charge in [0.05, 0.1) is 11.1 Å². The van der Waals surface area contributed by atoms with Crippen molar-refractivity contribution in [2.24, 2.45) is 0 Å². The van der Waals surface area contributed by atoms with Gasteiger partial charge in [0.25, 0.3) is 5.91 Å². The summed E-state index contributed by atoms with van der Waals surface area (Å²) in [5, 5.41) is 7.40. The Kier molecular flexibility index (Phi) is 4.15. The van der Waals surface area contributed by atoms with Crippen molar-refractivity contribution in [2.75, 3.05) is 13.1 Å². The van der Waals surface area contributed by atoms with Crippen LogP contribution in [-0.2, 0) is 0 Å². The van der Waals surface area contributed by atoms with Gasteiger partial charge in [0.1, 0.15) is 0 Å². The molecule has 3 rings (SSSR count). The molecule has 1 atom stereocenters. The molecule has 2 heterocycles. The third-order valence-corrected chi connectivity index (χ3v) is 4.03. The van der Waals surface area contributed by atoms with E-state index in [2.05, 4.69) is 15.6 Å². The van der Waals surface area contributed by atoms with Crippen LogP contribution in [-0.4, -0.2) is 30.0 Å².